The number of fused-ring (bicyclic) bond motifs is 1. The predicted molar refractivity (Wildman–Crippen MR) is 85.4 cm³/mol. The maximum Gasteiger partial charge on any atom is 0.323 e. The molecule has 0 radical (unpaired) electrons. The Labute approximate surface area is 133 Å². The van der Waals surface area contributed by atoms with Crippen molar-refractivity contribution in [2.45, 2.75) is 20.4 Å². The van der Waals surface area contributed by atoms with Crippen molar-refractivity contribution in [2.75, 3.05) is 13.6 Å². The molecule has 0 bridgehead atoms. The minimum absolute atomic E-state index is 0.0876. The van der Waals surface area contributed by atoms with Crippen molar-refractivity contribution < 1.29 is 14.7 Å². The van der Waals surface area contributed by atoms with Gasteiger partial charge in [0.1, 0.15) is 6.54 Å². The summed E-state index contributed by atoms with van der Waals surface area (Å²) in [6, 6.07) is 6.72. The lowest BCUT2D eigenvalue weighted by Crippen LogP contribution is -2.35. The zero-order valence-electron chi connectivity index (χ0n) is 13.3. The number of carbonyl (C=O) groups excluding carboxylic acids is 1. The third-order valence-corrected chi connectivity index (χ3v) is 3.33. The summed E-state index contributed by atoms with van der Waals surface area (Å²) in [6.45, 7) is 3.84. The minimum Gasteiger partial charge on any atom is -0.480 e. The molecule has 1 N–H and O–H groups in total. The Hall–Kier alpha value is -2.70. The van der Waals surface area contributed by atoms with Crippen LogP contribution < -0.4 is 5.56 Å². The van der Waals surface area contributed by atoms with E-state index in [-0.39, 0.29) is 17.2 Å². The van der Waals surface area contributed by atoms with E-state index in [0.29, 0.717) is 17.3 Å². The van der Waals surface area contributed by atoms with E-state index in [1.54, 1.807) is 24.3 Å². The minimum atomic E-state index is -1.11. The third kappa shape index (κ3) is 3.56. The van der Waals surface area contributed by atoms with Gasteiger partial charge in [-0.15, -0.1) is 0 Å². The second-order valence-electron chi connectivity index (χ2n) is 5.83. The molecule has 2 aromatic rings. The zero-order valence-corrected chi connectivity index (χ0v) is 13.3. The third-order valence-electron chi connectivity index (χ3n) is 3.33. The molecule has 0 atom stereocenters. The van der Waals surface area contributed by atoms with Crippen LogP contribution in [0.2, 0.25) is 0 Å². The van der Waals surface area contributed by atoms with Crippen LogP contribution in [0.15, 0.2) is 29.1 Å². The van der Waals surface area contributed by atoms with E-state index in [2.05, 4.69) is 5.10 Å². The summed E-state index contributed by atoms with van der Waals surface area (Å²) in [5.41, 5.74) is -0.170. The van der Waals surface area contributed by atoms with Crippen LogP contribution in [-0.4, -0.2) is 45.3 Å². The van der Waals surface area contributed by atoms with Crippen molar-refractivity contribution in [1.29, 1.82) is 0 Å². The second kappa shape index (κ2) is 6.60. The van der Waals surface area contributed by atoms with E-state index in [0.717, 1.165) is 4.90 Å². The van der Waals surface area contributed by atoms with Gasteiger partial charge in [-0.3, -0.25) is 14.4 Å². The average molecular weight is 317 g/mol. The molecule has 0 fully saturated rings. The molecule has 1 aromatic heterocycles. The largest absolute Gasteiger partial charge is 0.480 e. The molecule has 0 aliphatic heterocycles. The molecule has 0 unspecified atom stereocenters. The number of rotatable bonds is 5. The molecular weight excluding hydrogens is 298 g/mol. The number of amides is 1. The first-order valence-corrected chi connectivity index (χ1v) is 7.28. The molecule has 0 spiro atoms. The van der Waals surface area contributed by atoms with Crippen LogP contribution in [0.3, 0.4) is 0 Å². The normalized spacial score (nSPS) is 11.0. The van der Waals surface area contributed by atoms with Gasteiger partial charge in [0.15, 0.2) is 5.69 Å². The lowest BCUT2D eigenvalue weighted by atomic mass is 10.1. The Morgan fingerprint density at radius 3 is 2.43 bits per heavy atom. The Balaban J connectivity index is 2.62. The topological polar surface area (TPSA) is 92.5 Å². The quantitative estimate of drug-likeness (QED) is 0.895. The van der Waals surface area contributed by atoms with Crippen LogP contribution in [0.4, 0.5) is 0 Å². The number of hydrogen-bond donors (Lipinski definition) is 1. The summed E-state index contributed by atoms with van der Waals surface area (Å²) in [5.74, 6) is -1.46. The van der Waals surface area contributed by atoms with E-state index in [4.69, 9.17) is 5.11 Å². The van der Waals surface area contributed by atoms with Crippen LogP contribution >= 0.6 is 0 Å². The summed E-state index contributed by atoms with van der Waals surface area (Å²) in [5, 5.41) is 13.9. The van der Waals surface area contributed by atoms with Crippen LogP contribution in [0, 0.1) is 5.92 Å². The fourth-order valence-corrected chi connectivity index (χ4v) is 2.32. The first kappa shape index (κ1) is 16.7. The van der Waals surface area contributed by atoms with Crippen molar-refractivity contribution in [2.24, 2.45) is 5.92 Å². The molecular formula is C16H19N3O4. The summed E-state index contributed by atoms with van der Waals surface area (Å²) in [4.78, 5) is 36.9. The SMILES string of the molecule is CC(C)Cn1nc(C(=O)N(C)CC(=O)O)c2ccccc2c1=O. The van der Waals surface area contributed by atoms with Gasteiger partial charge in [0.05, 0.1) is 5.39 Å². The Morgan fingerprint density at radius 2 is 1.87 bits per heavy atom. The van der Waals surface area contributed by atoms with Crippen molar-refractivity contribution in [1.82, 2.24) is 14.7 Å². The van der Waals surface area contributed by atoms with E-state index in [1.807, 2.05) is 13.8 Å². The van der Waals surface area contributed by atoms with E-state index >= 15 is 0 Å². The Bertz CT molecular complexity index is 811. The number of likely N-dealkylation sites (N-methyl/N-ethyl adjacent to an activating group) is 1. The lowest BCUT2D eigenvalue weighted by molar-refractivity contribution is -0.137. The van der Waals surface area contributed by atoms with Gasteiger partial charge in [-0.2, -0.15) is 5.10 Å². The molecule has 1 amide bonds. The fourth-order valence-electron chi connectivity index (χ4n) is 2.32. The molecule has 7 heteroatoms. The van der Waals surface area contributed by atoms with Gasteiger partial charge in [0, 0.05) is 19.0 Å². The average Bonchev–Trinajstić information content (AvgIpc) is 2.48. The fraction of sp³-hybridized carbons (Fsp3) is 0.375. The summed E-state index contributed by atoms with van der Waals surface area (Å²) in [7, 11) is 1.39. The lowest BCUT2D eigenvalue weighted by Gasteiger charge is -2.17. The number of benzene rings is 1. The van der Waals surface area contributed by atoms with Gasteiger partial charge in [0.2, 0.25) is 0 Å². The monoisotopic (exact) mass is 317 g/mol. The number of carboxylic acids is 1. The molecule has 2 rings (SSSR count). The summed E-state index contributed by atoms with van der Waals surface area (Å²) < 4.78 is 1.27. The molecule has 0 aliphatic rings. The smallest absolute Gasteiger partial charge is 0.323 e. The van der Waals surface area contributed by atoms with E-state index in [9.17, 15) is 14.4 Å². The van der Waals surface area contributed by atoms with Gasteiger partial charge >= 0.3 is 5.97 Å². The molecule has 1 heterocycles. The number of nitrogens with zero attached hydrogens (tertiary/aromatic N) is 3. The number of carboxylic acid groups (broad SMARTS) is 1. The van der Waals surface area contributed by atoms with E-state index < -0.39 is 18.4 Å². The highest BCUT2D eigenvalue weighted by Gasteiger charge is 2.21. The highest BCUT2D eigenvalue weighted by molar-refractivity contribution is 6.05. The summed E-state index contributed by atoms with van der Waals surface area (Å²) >= 11 is 0. The van der Waals surface area contributed by atoms with Crippen molar-refractivity contribution in [3.8, 4) is 0 Å². The van der Waals surface area contributed by atoms with Gasteiger partial charge in [-0.05, 0) is 12.0 Å². The van der Waals surface area contributed by atoms with Crippen LogP contribution in [0.5, 0.6) is 0 Å². The Kier molecular flexibility index (Phi) is 4.78. The number of aliphatic carboxylic acids is 1. The Morgan fingerprint density at radius 1 is 1.26 bits per heavy atom. The van der Waals surface area contributed by atoms with Gasteiger partial charge in [0.25, 0.3) is 11.5 Å². The van der Waals surface area contributed by atoms with Crippen LogP contribution in [0.25, 0.3) is 10.8 Å². The molecule has 1 aromatic carbocycles. The van der Waals surface area contributed by atoms with Gasteiger partial charge in [-0.1, -0.05) is 32.0 Å². The standard InChI is InChI=1S/C16H19N3O4/c1-10(2)8-19-15(22)12-7-5-4-6-11(12)14(17-19)16(23)18(3)9-13(20)21/h4-7,10H,8-9H2,1-3H3,(H,20,21). The maximum absolute atomic E-state index is 12.5. The van der Waals surface area contributed by atoms with Crippen molar-refractivity contribution >= 4 is 22.6 Å². The van der Waals surface area contributed by atoms with E-state index in [1.165, 1.54) is 11.7 Å². The number of aromatic nitrogens is 2. The molecule has 122 valence electrons. The zero-order chi connectivity index (χ0) is 17.1. The van der Waals surface area contributed by atoms with Crippen molar-refractivity contribution in [3.05, 3.63) is 40.3 Å². The molecule has 7 nitrogen and oxygen atoms in total. The number of hydrogen-bond acceptors (Lipinski definition) is 4. The molecule has 0 saturated heterocycles. The first-order valence-electron chi connectivity index (χ1n) is 7.28. The molecule has 0 aliphatic carbocycles. The van der Waals surface area contributed by atoms with Gasteiger partial charge in [-0.25, -0.2) is 4.68 Å². The first-order chi connectivity index (χ1) is 10.8. The second-order valence-corrected chi connectivity index (χ2v) is 5.83. The molecule has 23 heavy (non-hydrogen) atoms. The maximum atomic E-state index is 12.5. The highest BCUT2D eigenvalue weighted by atomic mass is 16.4. The van der Waals surface area contributed by atoms with Crippen LogP contribution in [0.1, 0.15) is 24.3 Å². The highest BCUT2D eigenvalue weighted by Crippen LogP contribution is 2.15. The summed E-state index contributed by atoms with van der Waals surface area (Å²) in [6.07, 6.45) is 0. The van der Waals surface area contributed by atoms with Crippen LogP contribution in [-0.2, 0) is 11.3 Å². The predicted octanol–water partition coefficient (Wildman–Crippen LogP) is 1.21. The van der Waals surface area contributed by atoms with Gasteiger partial charge < -0.3 is 10.0 Å². The number of carbonyl (C=O) groups is 2. The van der Waals surface area contributed by atoms with Crippen molar-refractivity contribution in [3.63, 3.8) is 0 Å². The molecule has 0 saturated carbocycles.